The van der Waals surface area contributed by atoms with E-state index in [1.165, 1.54) is 23.1 Å². The number of carbonyl (C=O) groups is 1. The topological polar surface area (TPSA) is 117 Å². The number of benzene rings is 2. The van der Waals surface area contributed by atoms with Crippen molar-refractivity contribution < 1.29 is 14.3 Å². The van der Waals surface area contributed by atoms with E-state index in [0.717, 1.165) is 32.6 Å². The highest BCUT2D eigenvalue weighted by molar-refractivity contribution is 8.01. The van der Waals surface area contributed by atoms with Crippen molar-refractivity contribution in [1.82, 2.24) is 30.4 Å². The minimum atomic E-state index is -0.565. The van der Waals surface area contributed by atoms with E-state index in [2.05, 4.69) is 44.9 Å². The molecule has 39 heavy (non-hydrogen) atoms. The van der Waals surface area contributed by atoms with Crippen LogP contribution in [0.25, 0.3) is 10.6 Å². The maximum atomic E-state index is 13.3. The third-order valence-corrected chi connectivity index (χ3v) is 8.15. The van der Waals surface area contributed by atoms with Crippen LogP contribution in [-0.4, -0.2) is 55.3 Å². The largest absolute Gasteiger partial charge is 0.494 e. The number of hydrogen-bond acceptors (Lipinski definition) is 11. The molecule has 1 N–H and O–H groups in total. The van der Waals surface area contributed by atoms with E-state index in [1.807, 2.05) is 54.6 Å². The molecule has 2 aromatic heterocycles. The summed E-state index contributed by atoms with van der Waals surface area (Å²) in [5.74, 6) is 1.79. The van der Waals surface area contributed by atoms with E-state index in [-0.39, 0.29) is 6.61 Å². The van der Waals surface area contributed by atoms with Crippen molar-refractivity contribution in [2.24, 2.45) is 5.92 Å². The van der Waals surface area contributed by atoms with Crippen LogP contribution in [0.2, 0.25) is 0 Å². The zero-order chi connectivity index (χ0) is 27.2. The Morgan fingerprint density at radius 1 is 1.10 bits per heavy atom. The van der Waals surface area contributed by atoms with E-state index in [0.29, 0.717) is 35.5 Å². The van der Waals surface area contributed by atoms with Crippen LogP contribution in [0.3, 0.4) is 0 Å². The normalized spacial score (nSPS) is 14.7. The Labute approximate surface area is 234 Å². The SMILES string of the molecule is CCOC(=O)C1=C(CSc2nnc(-c3ccccc3)s2)Nc2nnnn2C1c1ccc(OCCC(C)C)cc1. The molecule has 3 heterocycles. The van der Waals surface area contributed by atoms with E-state index in [9.17, 15) is 4.79 Å². The average Bonchev–Trinajstić information content (AvgIpc) is 3.62. The molecule has 1 aliphatic rings. The Balaban J connectivity index is 1.43. The number of esters is 1. The molecule has 0 spiro atoms. The molecule has 0 bridgehead atoms. The van der Waals surface area contributed by atoms with Gasteiger partial charge in [0.25, 0.3) is 0 Å². The minimum Gasteiger partial charge on any atom is -0.494 e. The second kappa shape index (κ2) is 12.4. The van der Waals surface area contributed by atoms with Crippen molar-refractivity contribution in [2.45, 2.75) is 37.6 Å². The van der Waals surface area contributed by atoms with Crippen molar-refractivity contribution in [1.29, 1.82) is 0 Å². The molecule has 10 nitrogen and oxygen atoms in total. The Morgan fingerprint density at radius 2 is 1.90 bits per heavy atom. The predicted octanol–water partition coefficient (Wildman–Crippen LogP) is 5.24. The van der Waals surface area contributed by atoms with Crippen molar-refractivity contribution in [3.63, 3.8) is 0 Å². The fourth-order valence-electron chi connectivity index (χ4n) is 4.06. The molecule has 0 fully saturated rings. The highest BCUT2D eigenvalue weighted by Gasteiger charge is 2.36. The van der Waals surface area contributed by atoms with E-state index in [4.69, 9.17) is 9.47 Å². The fraction of sp³-hybridized carbons (Fsp3) is 0.333. The summed E-state index contributed by atoms with van der Waals surface area (Å²) in [5.41, 5.74) is 2.97. The maximum Gasteiger partial charge on any atom is 0.338 e. The van der Waals surface area contributed by atoms with Crippen LogP contribution in [0, 0.1) is 5.92 Å². The van der Waals surface area contributed by atoms with Crippen molar-refractivity contribution >= 4 is 35.0 Å². The second-order valence-corrected chi connectivity index (χ2v) is 11.4. The zero-order valence-electron chi connectivity index (χ0n) is 21.9. The third-order valence-electron chi connectivity index (χ3n) is 6.02. The summed E-state index contributed by atoms with van der Waals surface area (Å²) in [5, 5.41) is 24.9. The van der Waals surface area contributed by atoms with Gasteiger partial charge < -0.3 is 14.8 Å². The van der Waals surface area contributed by atoms with Gasteiger partial charge in [-0.2, -0.15) is 4.68 Å². The first-order chi connectivity index (χ1) is 19.0. The monoisotopic (exact) mass is 563 g/mol. The molecule has 0 amide bonds. The molecule has 0 aliphatic carbocycles. The van der Waals surface area contributed by atoms with Crippen LogP contribution in [0.4, 0.5) is 5.95 Å². The number of thioether (sulfide) groups is 1. The molecule has 0 radical (unpaired) electrons. The fourth-order valence-corrected chi connectivity index (χ4v) is 5.89. The number of carbonyl (C=O) groups excluding carboxylic acids is 1. The second-order valence-electron chi connectivity index (χ2n) is 9.22. The number of rotatable bonds is 11. The van der Waals surface area contributed by atoms with Gasteiger partial charge in [0.15, 0.2) is 4.34 Å². The summed E-state index contributed by atoms with van der Waals surface area (Å²) in [6.07, 6.45) is 0.974. The molecule has 1 unspecified atom stereocenters. The van der Waals surface area contributed by atoms with E-state index in [1.54, 1.807) is 11.6 Å². The number of hydrogen-bond donors (Lipinski definition) is 1. The van der Waals surface area contributed by atoms with Crippen molar-refractivity contribution in [3.05, 3.63) is 71.4 Å². The molecule has 1 aliphatic heterocycles. The summed E-state index contributed by atoms with van der Waals surface area (Å²) in [4.78, 5) is 13.3. The lowest BCUT2D eigenvalue weighted by molar-refractivity contribution is -0.139. The van der Waals surface area contributed by atoms with E-state index < -0.39 is 12.0 Å². The van der Waals surface area contributed by atoms with Crippen LogP contribution >= 0.6 is 23.1 Å². The van der Waals surface area contributed by atoms with Gasteiger partial charge in [-0.25, -0.2) is 4.79 Å². The van der Waals surface area contributed by atoms with Gasteiger partial charge in [-0.15, -0.1) is 10.2 Å². The molecule has 2 aromatic carbocycles. The summed E-state index contributed by atoms with van der Waals surface area (Å²) in [6.45, 7) is 7.02. The van der Waals surface area contributed by atoms with Gasteiger partial charge in [0.1, 0.15) is 16.8 Å². The highest BCUT2D eigenvalue weighted by atomic mass is 32.2. The molecule has 4 aromatic rings. The molecule has 202 valence electrons. The van der Waals surface area contributed by atoms with Crippen LogP contribution in [0.15, 0.2) is 70.2 Å². The highest BCUT2D eigenvalue weighted by Crippen LogP contribution is 2.38. The molecule has 1 atom stereocenters. The summed E-state index contributed by atoms with van der Waals surface area (Å²) in [7, 11) is 0. The number of ether oxygens (including phenoxy) is 2. The van der Waals surface area contributed by atoms with Gasteiger partial charge in [-0.3, -0.25) is 0 Å². The van der Waals surface area contributed by atoms with Crippen LogP contribution in [-0.2, 0) is 9.53 Å². The lowest BCUT2D eigenvalue weighted by atomic mass is 9.95. The van der Waals surface area contributed by atoms with E-state index >= 15 is 0 Å². The van der Waals surface area contributed by atoms with Crippen LogP contribution in [0.5, 0.6) is 5.75 Å². The number of anilines is 1. The summed E-state index contributed by atoms with van der Waals surface area (Å²) >= 11 is 2.99. The average molecular weight is 564 g/mol. The molecule has 0 saturated heterocycles. The van der Waals surface area contributed by atoms with Gasteiger partial charge >= 0.3 is 5.97 Å². The van der Waals surface area contributed by atoms with Gasteiger partial charge in [-0.05, 0) is 47.4 Å². The molecular formula is C27H29N7O3S2. The summed E-state index contributed by atoms with van der Waals surface area (Å²) in [6, 6.07) is 17.0. The third kappa shape index (κ3) is 6.28. The van der Waals surface area contributed by atoms with Gasteiger partial charge in [0, 0.05) is 17.0 Å². The number of nitrogens with zero attached hydrogens (tertiary/aromatic N) is 6. The van der Waals surface area contributed by atoms with Crippen LogP contribution < -0.4 is 10.1 Å². The molecule has 0 saturated carbocycles. The Bertz CT molecular complexity index is 1440. The quantitative estimate of drug-likeness (QED) is 0.192. The first-order valence-electron chi connectivity index (χ1n) is 12.7. The predicted molar refractivity (Wildman–Crippen MR) is 151 cm³/mol. The Kier molecular flexibility index (Phi) is 8.52. The lowest BCUT2D eigenvalue weighted by Crippen LogP contribution is -2.31. The van der Waals surface area contributed by atoms with Gasteiger partial charge in [0.05, 0.1) is 18.8 Å². The molecular weight excluding hydrogens is 534 g/mol. The Morgan fingerprint density at radius 3 is 2.64 bits per heavy atom. The zero-order valence-corrected chi connectivity index (χ0v) is 23.5. The van der Waals surface area contributed by atoms with Crippen LogP contribution in [0.1, 0.15) is 38.8 Å². The molecule has 12 heteroatoms. The first kappa shape index (κ1) is 26.8. The minimum absolute atomic E-state index is 0.247. The number of tetrazole rings is 1. The lowest BCUT2D eigenvalue weighted by Gasteiger charge is -2.28. The molecule has 5 rings (SSSR count). The first-order valence-corrected chi connectivity index (χ1v) is 14.5. The summed E-state index contributed by atoms with van der Waals surface area (Å²) < 4.78 is 13.8. The standard InChI is InChI=1S/C27H29N7O3S2/c1-4-36-25(35)22-21(16-38-27-31-29-24(39-27)19-8-6-5-7-9-19)28-26-30-32-33-34(26)23(22)18-10-12-20(13-11-18)37-15-14-17(2)3/h5-13,17,23H,4,14-16H2,1-3H3,(H,28,30,33). The Hall–Kier alpha value is -3.77. The van der Waals surface area contributed by atoms with Crippen molar-refractivity contribution in [3.8, 4) is 16.3 Å². The number of nitrogens with one attached hydrogen (secondary N) is 1. The number of aromatic nitrogens is 6. The van der Waals surface area contributed by atoms with Gasteiger partial charge in [-0.1, -0.05) is 84.5 Å². The van der Waals surface area contributed by atoms with Gasteiger partial charge in [0.2, 0.25) is 5.95 Å². The smallest absolute Gasteiger partial charge is 0.338 e. The van der Waals surface area contributed by atoms with Crippen molar-refractivity contribution in [2.75, 3.05) is 24.3 Å². The number of fused-ring (bicyclic) bond motifs is 1. The maximum absolute atomic E-state index is 13.3.